The lowest BCUT2D eigenvalue weighted by Gasteiger charge is -2.11. The highest BCUT2D eigenvalue weighted by molar-refractivity contribution is 9.10. The Morgan fingerprint density at radius 3 is 2.42 bits per heavy atom. The number of H-pyrrole nitrogens is 1. The lowest BCUT2D eigenvalue weighted by molar-refractivity contribution is -0.132. The summed E-state index contributed by atoms with van der Waals surface area (Å²) in [6.45, 7) is 5.24. The lowest BCUT2D eigenvalue weighted by Crippen LogP contribution is -2.19. The van der Waals surface area contributed by atoms with Gasteiger partial charge in [-0.1, -0.05) is 57.4 Å². The van der Waals surface area contributed by atoms with Crippen molar-refractivity contribution in [1.29, 1.82) is 0 Å². The molecule has 1 amide bonds. The van der Waals surface area contributed by atoms with Gasteiger partial charge in [0.2, 0.25) is 0 Å². The molecule has 0 spiro atoms. The van der Waals surface area contributed by atoms with E-state index in [1.165, 1.54) is 38.4 Å². The van der Waals surface area contributed by atoms with Crippen LogP contribution in [0.5, 0.6) is 17.2 Å². The molecule has 45 heavy (non-hydrogen) atoms. The SMILES string of the molecule is COc1cc(C(=O)Oc2ccc(Br)cc2C=NNC(=O)c2[nH]c3c(C)cc(C)cc3c2-c2ccccc2Cl)ccc1OC(C)=O. The highest BCUT2D eigenvalue weighted by atomic mass is 79.9. The third kappa shape index (κ3) is 6.92. The van der Waals surface area contributed by atoms with Crippen molar-refractivity contribution in [3.8, 4) is 28.4 Å². The van der Waals surface area contributed by atoms with Crippen LogP contribution < -0.4 is 19.6 Å². The Hall–Kier alpha value is -4.93. The molecule has 1 aromatic heterocycles. The molecule has 11 heteroatoms. The average Bonchev–Trinajstić information content (AvgIpc) is 3.38. The molecule has 5 aromatic rings. The fourth-order valence-corrected chi connectivity index (χ4v) is 5.50. The number of hydrazone groups is 1. The number of esters is 2. The predicted octanol–water partition coefficient (Wildman–Crippen LogP) is 7.78. The average molecular weight is 689 g/mol. The standard InChI is InChI=1S/C34H27BrClN3O6/c1-18-13-19(2)31-25(14-18)30(24-7-5-6-8-26(24)36)32(38-31)33(41)39-37-17-22-15-23(35)10-12-27(22)45-34(42)21-9-11-28(44-20(3)40)29(16-21)43-4/h5-17,38H,1-4H3,(H,39,41). The topological polar surface area (TPSA) is 119 Å². The number of carbonyl (C=O) groups is 3. The van der Waals surface area contributed by atoms with Crippen molar-refractivity contribution < 1.29 is 28.6 Å². The Balaban J connectivity index is 1.42. The summed E-state index contributed by atoms with van der Waals surface area (Å²) < 4.78 is 16.7. The Morgan fingerprint density at radius 1 is 0.933 bits per heavy atom. The largest absolute Gasteiger partial charge is 0.493 e. The molecule has 0 saturated carbocycles. The molecule has 0 radical (unpaired) electrons. The molecule has 0 aliphatic heterocycles. The highest BCUT2D eigenvalue weighted by Gasteiger charge is 2.22. The summed E-state index contributed by atoms with van der Waals surface area (Å²) in [5, 5.41) is 5.55. The second kappa shape index (κ2) is 13.4. The summed E-state index contributed by atoms with van der Waals surface area (Å²) in [7, 11) is 1.39. The number of nitrogens with one attached hydrogen (secondary N) is 2. The lowest BCUT2D eigenvalue weighted by atomic mass is 9.99. The van der Waals surface area contributed by atoms with Crippen LogP contribution in [0.15, 0.2) is 82.4 Å². The molecule has 0 aliphatic carbocycles. The third-order valence-corrected chi connectivity index (χ3v) is 7.64. The van der Waals surface area contributed by atoms with E-state index in [2.05, 4.69) is 31.4 Å². The number of nitrogens with zero attached hydrogens (tertiary/aromatic N) is 1. The van der Waals surface area contributed by atoms with Gasteiger partial charge in [-0.15, -0.1) is 0 Å². The van der Waals surface area contributed by atoms with Crippen LogP contribution in [0.3, 0.4) is 0 Å². The number of ether oxygens (including phenoxy) is 3. The molecule has 228 valence electrons. The van der Waals surface area contributed by atoms with Crippen LogP contribution in [0.25, 0.3) is 22.0 Å². The van der Waals surface area contributed by atoms with Gasteiger partial charge in [0.05, 0.1) is 18.9 Å². The number of aryl methyl sites for hydroxylation is 2. The number of aromatic nitrogens is 1. The van der Waals surface area contributed by atoms with Crippen LogP contribution in [0.2, 0.25) is 5.02 Å². The van der Waals surface area contributed by atoms with Gasteiger partial charge >= 0.3 is 11.9 Å². The number of fused-ring (bicyclic) bond motifs is 1. The zero-order valence-electron chi connectivity index (χ0n) is 24.7. The second-order valence-corrected chi connectivity index (χ2v) is 11.4. The molecule has 5 rings (SSSR count). The van der Waals surface area contributed by atoms with E-state index in [9.17, 15) is 14.4 Å². The Bertz CT molecular complexity index is 2000. The minimum Gasteiger partial charge on any atom is -0.493 e. The number of aromatic amines is 1. The van der Waals surface area contributed by atoms with Crippen LogP contribution >= 0.6 is 27.5 Å². The molecule has 0 unspecified atom stereocenters. The van der Waals surface area contributed by atoms with Crippen LogP contribution in [-0.4, -0.2) is 36.2 Å². The summed E-state index contributed by atoms with van der Waals surface area (Å²) in [6, 6.07) is 20.7. The summed E-state index contributed by atoms with van der Waals surface area (Å²) in [5.74, 6) is -1.13. The van der Waals surface area contributed by atoms with Crippen LogP contribution in [0.1, 0.15) is 44.5 Å². The molecule has 9 nitrogen and oxygen atoms in total. The van der Waals surface area contributed by atoms with Crippen LogP contribution in [0, 0.1) is 13.8 Å². The molecule has 1 heterocycles. The van der Waals surface area contributed by atoms with Crippen molar-refractivity contribution in [2.75, 3.05) is 7.11 Å². The first-order valence-electron chi connectivity index (χ1n) is 13.6. The number of methoxy groups -OCH3 is 1. The first-order valence-corrected chi connectivity index (χ1v) is 14.8. The number of rotatable bonds is 8. The fraction of sp³-hybridized carbons (Fsp3) is 0.118. The Morgan fingerprint density at radius 2 is 1.69 bits per heavy atom. The Kier molecular flexibility index (Phi) is 9.36. The molecule has 0 saturated heterocycles. The number of carbonyl (C=O) groups excluding carboxylic acids is 3. The van der Waals surface area contributed by atoms with Crippen molar-refractivity contribution in [3.05, 3.63) is 110 Å². The summed E-state index contributed by atoms with van der Waals surface area (Å²) >= 11 is 9.99. The first-order chi connectivity index (χ1) is 21.5. The summed E-state index contributed by atoms with van der Waals surface area (Å²) in [6.07, 6.45) is 1.38. The molecule has 0 fully saturated rings. The molecular formula is C34H27BrClN3O6. The van der Waals surface area contributed by atoms with E-state index in [1.54, 1.807) is 24.3 Å². The fourth-order valence-electron chi connectivity index (χ4n) is 4.89. The van der Waals surface area contributed by atoms with E-state index in [0.717, 1.165) is 22.0 Å². The van der Waals surface area contributed by atoms with Gasteiger partial charge in [-0.25, -0.2) is 10.2 Å². The number of hydrogen-bond donors (Lipinski definition) is 2. The molecule has 4 aromatic carbocycles. The van der Waals surface area contributed by atoms with Crippen molar-refractivity contribution in [2.24, 2.45) is 5.10 Å². The van der Waals surface area contributed by atoms with E-state index in [0.29, 0.717) is 31.9 Å². The van der Waals surface area contributed by atoms with Gasteiger partial charge in [-0.05, 0) is 67.9 Å². The number of benzene rings is 4. The second-order valence-electron chi connectivity index (χ2n) is 10.1. The van der Waals surface area contributed by atoms with E-state index < -0.39 is 17.8 Å². The van der Waals surface area contributed by atoms with E-state index in [4.69, 9.17) is 25.8 Å². The summed E-state index contributed by atoms with van der Waals surface area (Å²) in [5.41, 5.74) is 7.70. The molecule has 0 atom stereocenters. The van der Waals surface area contributed by atoms with Gasteiger partial charge in [0.15, 0.2) is 11.5 Å². The monoisotopic (exact) mass is 687 g/mol. The molecule has 0 bridgehead atoms. The zero-order valence-corrected chi connectivity index (χ0v) is 27.0. The number of hydrogen-bond acceptors (Lipinski definition) is 7. The number of halogens is 2. The maximum Gasteiger partial charge on any atom is 0.343 e. The number of amides is 1. The van der Waals surface area contributed by atoms with Crippen LogP contribution in [-0.2, 0) is 4.79 Å². The van der Waals surface area contributed by atoms with Gasteiger partial charge < -0.3 is 19.2 Å². The third-order valence-electron chi connectivity index (χ3n) is 6.82. The Labute approximate surface area is 272 Å². The van der Waals surface area contributed by atoms with E-state index in [1.807, 2.05) is 44.2 Å². The maximum absolute atomic E-state index is 13.5. The van der Waals surface area contributed by atoms with Crippen molar-refractivity contribution >= 4 is 62.5 Å². The minimum atomic E-state index is -0.684. The molecular weight excluding hydrogens is 662 g/mol. The van der Waals surface area contributed by atoms with Gasteiger partial charge in [0.25, 0.3) is 5.91 Å². The van der Waals surface area contributed by atoms with E-state index in [-0.39, 0.29) is 22.8 Å². The van der Waals surface area contributed by atoms with Crippen molar-refractivity contribution in [2.45, 2.75) is 20.8 Å². The first kappa shape index (κ1) is 31.5. The summed E-state index contributed by atoms with van der Waals surface area (Å²) in [4.78, 5) is 41.2. The van der Waals surface area contributed by atoms with Gasteiger partial charge in [0, 0.05) is 44.0 Å². The van der Waals surface area contributed by atoms with Gasteiger partial charge in [0.1, 0.15) is 11.4 Å². The van der Waals surface area contributed by atoms with Crippen LogP contribution in [0.4, 0.5) is 0 Å². The maximum atomic E-state index is 13.5. The quantitative estimate of drug-likeness (QED) is 0.0744. The van der Waals surface area contributed by atoms with Gasteiger partial charge in [-0.2, -0.15) is 5.10 Å². The smallest absolute Gasteiger partial charge is 0.343 e. The highest BCUT2D eigenvalue weighted by Crippen LogP contribution is 2.38. The van der Waals surface area contributed by atoms with Gasteiger partial charge in [-0.3, -0.25) is 9.59 Å². The minimum absolute atomic E-state index is 0.165. The predicted molar refractivity (Wildman–Crippen MR) is 177 cm³/mol. The van der Waals surface area contributed by atoms with E-state index >= 15 is 0 Å². The normalized spacial score (nSPS) is 11.1. The van der Waals surface area contributed by atoms with Crippen molar-refractivity contribution in [3.63, 3.8) is 0 Å². The zero-order chi connectivity index (χ0) is 32.2. The molecule has 0 aliphatic rings. The van der Waals surface area contributed by atoms with Crippen molar-refractivity contribution in [1.82, 2.24) is 10.4 Å². The molecule has 2 N–H and O–H groups in total.